The summed E-state index contributed by atoms with van der Waals surface area (Å²) in [5.74, 6) is -0.188. The zero-order valence-electron chi connectivity index (χ0n) is 16.3. The molecule has 0 aliphatic rings. The van der Waals surface area contributed by atoms with E-state index in [4.69, 9.17) is 5.26 Å². The Morgan fingerprint density at radius 2 is 1.28 bits per heavy atom. The van der Waals surface area contributed by atoms with Crippen LogP contribution in [0.4, 0.5) is 11.4 Å². The number of rotatable bonds is 5. The average Bonchev–Trinajstić information content (AvgIpc) is 2.74. The van der Waals surface area contributed by atoms with Gasteiger partial charge in [-0.15, -0.1) is 0 Å². The zero-order chi connectivity index (χ0) is 20.8. The fraction of sp³-hybridized carbons (Fsp3) is 0.125. The maximum absolute atomic E-state index is 12.6. The normalized spacial score (nSPS) is 10.3. The fourth-order valence-corrected chi connectivity index (χ4v) is 2.79. The molecule has 0 fully saturated rings. The van der Waals surface area contributed by atoms with Crippen LogP contribution in [0.15, 0.2) is 72.8 Å². The van der Waals surface area contributed by atoms with Crippen LogP contribution in [0.5, 0.6) is 0 Å². The maximum Gasteiger partial charge on any atom is 0.255 e. The zero-order valence-corrected chi connectivity index (χ0v) is 16.3. The molecule has 0 aromatic heterocycles. The Balaban J connectivity index is 1.69. The van der Waals surface area contributed by atoms with Gasteiger partial charge in [0.1, 0.15) is 0 Å². The molecule has 3 aromatic rings. The number of nitrogens with one attached hydrogen (secondary N) is 2. The molecule has 5 nitrogen and oxygen atoms in total. The van der Waals surface area contributed by atoms with Gasteiger partial charge in [0, 0.05) is 22.5 Å². The summed E-state index contributed by atoms with van der Waals surface area (Å²) >= 11 is 0. The first-order valence-corrected chi connectivity index (χ1v) is 9.29. The van der Waals surface area contributed by atoms with Gasteiger partial charge in [0.15, 0.2) is 0 Å². The van der Waals surface area contributed by atoms with Crippen LogP contribution in [-0.2, 0) is 0 Å². The molecule has 0 heterocycles. The molecule has 0 aliphatic heterocycles. The van der Waals surface area contributed by atoms with E-state index in [1.165, 1.54) is 5.56 Å². The van der Waals surface area contributed by atoms with Crippen molar-refractivity contribution in [2.24, 2.45) is 0 Å². The minimum absolute atomic E-state index is 0.282. The largest absolute Gasteiger partial charge is 0.322 e. The highest BCUT2D eigenvalue weighted by molar-refractivity contribution is 6.08. The molecule has 0 spiro atoms. The fourth-order valence-electron chi connectivity index (χ4n) is 2.79. The van der Waals surface area contributed by atoms with Gasteiger partial charge >= 0.3 is 0 Å². The summed E-state index contributed by atoms with van der Waals surface area (Å²) in [4.78, 5) is 25.1. The van der Waals surface area contributed by atoms with Crippen molar-refractivity contribution in [3.63, 3.8) is 0 Å². The summed E-state index contributed by atoms with van der Waals surface area (Å²) in [7, 11) is 0. The lowest BCUT2D eigenvalue weighted by Gasteiger charge is -2.10. The van der Waals surface area contributed by atoms with Gasteiger partial charge in [-0.25, -0.2) is 0 Å². The van der Waals surface area contributed by atoms with Crippen LogP contribution in [0.3, 0.4) is 0 Å². The molecule has 0 saturated heterocycles. The third kappa shape index (κ3) is 5.08. The van der Waals surface area contributed by atoms with Crippen LogP contribution in [0.25, 0.3) is 0 Å². The first-order chi connectivity index (χ1) is 14.0. The molecule has 0 saturated carbocycles. The van der Waals surface area contributed by atoms with E-state index in [0.717, 1.165) is 0 Å². The van der Waals surface area contributed by atoms with E-state index in [1.807, 2.05) is 30.3 Å². The molecule has 29 heavy (non-hydrogen) atoms. The monoisotopic (exact) mass is 383 g/mol. The van der Waals surface area contributed by atoms with E-state index >= 15 is 0 Å². The third-order valence-electron chi connectivity index (χ3n) is 4.49. The summed E-state index contributed by atoms with van der Waals surface area (Å²) in [6.07, 6.45) is 0. The standard InChI is InChI=1S/C24H21N3O2/c1-16(2)18-8-12-22(13-9-18)27-24(29)20-5-3-4-19(14-20)23(28)26-21-10-6-17(15-25)7-11-21/h3-14,16H,1-2H3,(H,26,28)(H,27,29). The van der Waals surface area contributed by atoms with Gasteiger partial charge in [-0.2, -0.15) is 5.26 Å². The molecule has 3 rings (SSSR count). The first-order valence-electron chi connectivity index (χ1n) is 9.29. The van der Waals surface area contributed by atoms with Crippen LogP contribution in [0.2, 0.25) is 0 Å². The maximum atomic E-state index is 12.6. The van der Waals surface area contributed by atoms with Crippen molar-refractivity contribution < 1.29 is 9.59 Å². The summed E-state index contributed by atoms with van der Waals surface area (Å²) in [5, 5.41) is 14.5. The van der Waals surface area contributed by atoms with Crippen LogP contribution >= 0.6 is 0 Å². The number of amides is 2. The van der Waals surface area contributed by atoms with Crippen molar-refractivity contribution in [2.45, 2.75) is 19.8 Å². The lowest BCUT2D eigenvalue weighted by atomic mass is 10.0. The van der Waals surface area contributed by atoms with Gasteiger partial charge in [0.2, 0.25) is 0 Å². The molecule has 0 atom stereocenters. The minimum Gasteiger partial charge on any atom is -0.322 e. The molecule has 0 radical (unpaired) electrons. The lowest BCUT2D eigenvalue weighted by molar-refractivity contribution is 0.102. The van der Waals surface area contributed by atoms with Crippen molar-refractivity contribution in [3.8, 4) is 6.07 Å². The SMILES string of the molecule is CC(C)c1ccc(NC(=O)c2cccc(C(=O)Nc3ccc(C#N)cc3)c2)cc1. The number of benzene rings is 3. The van der Waals surface area contributed by atoms with Gasteiger partial charge in [0.25, 0.3) is 11.8 Å². The minimum atomic E-state index is -0.328. The van der Waals surface area contributed by atoms with E-state index in [1.54, 1.807) is 48.5 Å². The predicted octanol–water partition coefficient (Wildman–Crippen LogP) is 5.19. The quantitative estimate of drug-likeness (QED) is 0.636. The van der Waals surface area contributed by atoms with E-state index in [9.17, 15) is 9.59 Å². The van der Waals surface area contributed by atoms with Crippen molar-refractivity contribution >= 4 is 23.2 Å². The molecule has 2 N–H and O–H groups in total. The van der Waals surface area contributed by atoms with Gasteiger partial charge < -0.3 is 10.6 Å². The van der Waals surface area contributed by atoms with E-state index in [-0.39, 0.29) is 11.8 Å². The molecular formula is C24H21N3O2. The molecule has 2 amide bonds. The predicted molar refractivity (Wildman–Crippen MR) is 114 cm³/mol. The summed E-state index contributed by atoms with van der Waals surface area (Å²) in [5.41, 5.74) is 3.76. The van der Waals surface area contributed by atoms with Crippen molar-refractivity contribution in [1.82, 2.24) is 0 Å². The number of nitriles is 1. The second-order valence-corrected chi connectivity index (χ2v) is 6.95. The van der Waals surface area contributed by atoms with E-state index in [0.29, 0.717) is 34.0 Å². The Morgan fingerprint density at radius 3 is 1.72 bits per heavy atom. The lowest BCUT2D eigenvalue weighted by Crippen LogP contribution is -2.15. The summed E-state index contributed by atoms with van der Waals surface area (Å²) < 4.78 is 0. The smallest absolute Gasteiger partial charge is 0.255 e. The summed E-state index contributed by atoms with van der Waals surface area (Å²) in [6.45, 7) is 4.23. The Labute approximate surface area is 170 Å². The Bertz CT molecular complexity index is 1060. The van der Waals surface area contributed by atoms with Gasteiger partial charge in [-0.05, 0) is 66.1 Å². The van der Waals surface area contributed by atoms with E-state index < -0.39 is 0 Å². The Hall–Kier alpha value is -3.91. The number of carbonyl (C=O) groups excluding carboxylic acids is 2. The van der Waals surface area contributed by atoms with E-state index in [2.05, 4.69) is 24.5 Å². The Morgan fingerprint density at radius 1 is 0.793 bits per heavy atom. The molecule has 144 valence electrons. The molecule has 0 bridgehead atoms. The second kappa shape index (κ2) is 8.85. The molecular weight excluding hydrogens is 362 g/mol. The van der Waals surface area contributed by atoms with Gasteiger partial charge in [-0.3, -0.25) is 9.59 Å². The van der Waals surface area contributed by atoms with Crippen LogP contribution < -0.4 is 10.6 Å². The number of hydrogen-bond donors (Lipinski definition) is 2. The number of nitrogens with zero attached hydrogens (tertiary/aromatic N) is 1. The second-order valence-electron chi connectivity index (χ2n) is 6.95. The van der Waals surface area contributed by atoms with Crippen LogP contribution in [-0.4, -0.2) is 11.8 Å². The number of hydrogen-bond acceptors (Lipinski definition) is 3. The highest BCUT2D eigenvalue weighted by Gasteiger charge is 2.11. The number of carbonyl (C=O) groups is 2. The summed E-state index contributed by atoms with van der Waals surface area (Å²) in [6, 6.07) is 22.9. The van der Waals surface area contributed by atoms with Crippen molar-refractivity contribution in [3.05, 3.63) is 95.1 Å². The third-order valence-corrected chi connectivity index (χ3v) is 4.49. The Kier molecular flexibility index (Phi) is 6.06. The van der Waals surface area contributed by atoms with Gasteiger partial charge in [-0.1, -0.05) is 32.0 Å². The highest BCUT2D eigenvalue weighted by atomic mass is 16.2. The topological polar surface area (TPSA) is 82.0 Å². The van der Waals surface area contributed by atoms with Gasteiger partial charge in [0.05, 0.1) is 11.6 Å². The number of anilines is 2. The molecule has 5 heteroatoms. The molecule has 3 aromatic carbocycles. The van der Waals surface area contributed by atoms with Crippen molar-refractivity contribution in [1.29, 1.82) is 5.26 Å². The highest BCUT2D eigenvalue weighted by Crippen LogP contribution is 2.18. The van der Waals surface area contributed by atoms with Crippen molar-refractivity contribution in [2.75, 3.05) is 10.6 Å². The van der Waals surface area contributed by atoms with Crippen LogP contribution in [0.1, 0.15) is 51.6 Å². The average molecular weight is 383 g/mol. The molecule has 0 aliphatic carbocycles. The first kappa shape index (κ1) is 19.8. The molecule has 0 unspecified atom stereocenters. The van der Waals surface area contributed by atoms with Crippen LogP contribution in [0, 0.1) is 11.3 Å².